The lowest BCUT2D eigenvalue weighted by Gasteiger charge is -2.21. The molecular weight excluding hydrogens is 389 g/mol. The van der Waals surface area contributed by atoms with Gasteiger partial charge in [0.1, 0.15) is 0 Å². The summed E-state index contributed by atoms with van der Waals surface area (Å²) in [6, 6.07) is 4.51. The van der Waals surface area contributed by atoms with Gasteiger partial charge in [0.2, 0.25) is 0 Å². The van der Waals surface area contributed by atoms with E-state index in [0.717, 1.165) is 11.0 Å². The Bertz CT molecular complexity index is 990. The van der Waals surface area contributed by atoms with Crippen molar-refractivity contribution in [1.29, 1.82) is 0 Å². The maximum absolute atomic E-state index is 12.7. The summed E-state index contributed by atoms with van der Waals surface area (Å²) in [5.74, 6) is -0.290. The van der Waals surface area contributed by atoms with E-state index in [9.17, 15) is 22.8 Å². The molecule has 2 aromatic rings. The van der Waals surface area contributed by atoms with Gasteiger partial charge in [-0.15, -0.1) is 11.3 Å². The summed E-state index contributed by atoms with van der Waals surface area (Å²) in [6.45, 7) is 3.64. The maximum Gasteiger partial charge on any atom is 0.409 e. The number of carbonyl (C=O) groups excluding carboxylic acids is 2. The fourth-order valence-electron chi connectivity index (χ4n) is 2.96. The summed E-state index contributed by atoms with van der Waals surface area (Å²) in [6.07, 6.45) is -0.110. The summed E-state index contributed by atoms with van der Waals surface area (Å²) < 4.78 is 36.9. The number of hydrogen-bond acceptors (Lipinski definition) is 4. The first kappa shape index (κ1) is 20.0. The van der Waals surface area contributed by atoms with Crippen LogP contribution in [0.2, 0.25) is 0 Å². The third-order valence-corrected chi connectivity index (χ3v) is 5.40. The number of nitrogens with one attached hydrogen (secondary N) is 1. The van der Waals surface area contributed by atoms with Gasteiger partial charge in [-0.3, -0.25) is 9.59 Å². The number of rotatable bonds is 4. The van der Waals surface area contributed by atoms with Crippen molar-refractivity contribution in [2.75, 3.05) is 0 Å². The van der Waals surface area contributed by atoms with Crippen LogP contribution in [-0.4, -0.2) is 23.4 Å². The van der Waals surface area contributed by atoms with Gasteiger partial charge in [-0.05, 0) is 36.6 Å². The van der Waals surface area contributed by atoms with Crippen LogP contribution in [0.4, 0.5) is 13.2 Å². The number of nitrogens with zero attached hydrogens (tertiary/aromatic N) is 1. The number of allylic oxidation sites excluding steroid dienone is 2. The Kier molecular flexibility index (Phi) is 5.51. The van der Waals surface area contributed by atoms with Gasteiger partial charge in [0, 0.05) is 28.1 Å². The molecule has 0 radical (unpaired) electrons. The van der Waals surface area contributed by atoms with E-state index in [1.165, 1.54) is 29.5 Å². The minimum atomic E-state index is -4.38. The first-order valence-corrected chi connectivity index (χ1v) is 9.32. The molecule has 1 unspecified atom stereocenters. The van der Waals surface area contributed by atoms with Crippen molar-refractivity contribution in [2.45, 2.75) is 26.4 Å². The number of hydrogen-bond donors (Lipinski definition) is 1. The molecule has 0 aliphatic heterocycles. The first-order valence-electron chi connectivity index (χ1n) is 8.50. The van der Waals surface area contributed by atoms with E-state index in [1.807, 2.05) is 6.92 Å². The summed E-state index contributed by atoms with van der Waals surface area (Å²) in [7, 11) is 0. The van der Waals surface area contributed by atoms with Crippen LogP contribution in [0.5, 0.6) is 0 Å². The van der Waals surface area contributed by atoms with Gasteiger partial charge in [0.15, 0.2) is 11.3 Å². The predicted molar refractivity (Wildman–Crippen MR) is 102 cm³/mol. The summed E-state index contributed by atoms with van der Waals surface area (Å²) in [5, 5.41) is 3.27. The van der Waals surface area contributed by atoms with Crippen molar-refractivity contribution in [3.63, 3.8) is 0 Å². The van der Waals surface area contributed by atoms with Crippen LogP contribution >= 0.6 is 11.3 Å². The molecule has 1 aliphatic carbocycles. The number of benzene rings is 1. The monoisotopic (exact) mass is 406 g/mol. The fourth-order valence-corrected chi connectivity index (χ4v) is 3.95. The second-order valence-electron chi connectivity index (χ2n) is 6.59. The molecule has 146 valence electrons. The number of halogens is 3. The topological polar surface area (TPSA) is 59.1 Å². The highest BCUT2D eigenvalue weighted by Gasteiger charge is 2.24. The Morgan fingerprint density at radius 1 is 1.36 bits per heavy atom. The van der Waals surface area contributed by atoms with E-state index in [-0.39, 0.29) is 17.9 Å². The minimum absolute atomic E-state index is 0.0469. The normalized spacial score (nSPS) is 16.6. The molecule has 0 fully saturated rings. The number of alkyl halides is 3. The maximum atomic E-state index is 12.7. The van der Waals surface area contributed by atoms with Crippen LogP contribution in [0.1, 0.15) is 48.8 Å². The minimum Gasteiger partial charge on any atom is -0.325 e. The number of aryl methyl sites for hydroxylation is 1. The molecule has 0 saturated carbocycles. The van der Waals surface area contributed by atoms with E-state index in [1.54, 1.807) is 13.0 Å². The van der Waals surface area contributed by atoms with E-state index < -0.39 is 6.18 Å². The molecule has 1 heterocycles. The van der Waals surface area contributed by atoms with Crippen molar-refractivity contribution in [2.24, 2.45) is 5.92 Å². The standard InChI is InChI=1S/C20H17F3N2O2S/c1-11-7-13(5-6-20(21,22)23)3-4-14(11)19(27)25-15-9-16-17(8-12(15)2)28-18(10-26)24-16/h3-7,9-10,12H,8H2,1-2H3,(H,25,27)/b6-5+. The lowest BCUT2D eigenvalue weighted by molar-refractivity contribution is -0.0790. The van der Waals surface area contributed by atoms with Crippen molar-refractivity contribution in [3.8, 4) is 0 Å². The second-order valence-corrected chi connectivity index (χ2v) is 7.70. The quantitative estimate of drug-likeness (QED) is 0.742. The Hall–Kier alpha value is -2.74. The zero-order valence-electron chi connectivity index (χ0n) is 15.1. The smallest absolute Gasteiger partial charge is 0.325 e. The molecule has 8 heteroatoms. The van der Waals surface area contributed by atoms with Gasteiger partial charge in [-0.25, -0.2) is 4.98 Å². The molecule has 0 bridgehead atoms. The van der Waals surface area contributed by atoms with E-state index in [2.05, 4.69) is 10.3 Å². The lowest BCUT2D eigenvalue weighted by Crippen LogP contribution is -2.29. The van der Waals surface area contributed by atoms with Crippen LogP contribution in [0.25, 0.3) is 12.2 Å². The second kappa shape index (κ2) is 7.71. The van der Waals surface area contributed by atoms with Crippen LogP contribution in [-0.2, 0) is 6.42 Å². The number of fused-ring (bicyclic) bond motifs is 1. The summed E-state index contributed by atoms with van der Waals surface area (Å²) in [5.41, 5.74) is 2.70. The highest BCUT2D eigenvalue weighted by atomic mass is 32.1. The third kappa shape index (κ3) is 4.56. The number of aldehydes is 1. The number of amides is 1. The SMILES string of the molecule is Cc1cc(/C=C/C(F)(F)F)ccc1C(=O)NC1=Cc2nc(C=O)sc2CC1C. The Morgan fingerprint density at radius 3 is 2.75 bits per heavy atom. The highest BCUT2D eigenvalue weighted by molar-refractivity contribution is 7.13. The third-order valence-electron chi connectivity index (χ3n) is 4.38. The molecule has 1 aromatic heterocycles. The first-order chi connectivity index (χ1) is 13.2. The van der Waals surface area contributed by atoms with Gasteiger partial charge < -0.3 is 5.32 Å². The molecule has 1 amide bonds. The van der Waals surface area contributed by atoms with Crippen LogP contribution in [0.15, 0.2) is 30.0 Å². The molecular formula is C20H17F3N2O2S. The Balaban J connectivity index is 1.79. The predicted octanol–water partition coefficient (Wildman–Crippen LogP) is 4.80. The van der Waals surface area contributed by atoms with Crippen molar-refractivity contribution >= 4 is 35.7 Å². The zero-order valence-corrected chi connectivity index (χ0v) is 15.9. The fraction of sp³-hybridized carbons (Fsp3) is 0.250. The van der Waals surface area contributed by atoms with Crippen molar-refractivity contribution < 1.29 is 22.8 Å². The van der Waals surface area contributed by atoms with Gasteiger partial charge >= 0.3 is 6.18 Å². The number of carbonyl (C=O) groups is 2. The molecule has 0 spiro atoms. The lowest BCUT2D eigenvalue weighted by atomic mass is 9.95. The molecule has 0 saturated heterocycles. The van der Waals surface area contributed by atoms with Gasteiger partial charge in [-0.1, -0.05) is 25.1 Å². The number of thiazole rings is 1. The van der Waals surface area contributed by atoms with Crippen molar-refractivity contribution in [3.05, 3.63) is 62.2 Å². The van der Waals surface area contributed by atoms with Crippen LogP contribution in [0, 0.1) is 12.8 Å². The van der Waals surface area contributed by atoms with Crippen molar-refractivity contribution in [1.82, 2.24) is 10.3 Å². The summed E-state index contributed by atoms with van der Waals surface area (Å²) in [4.78, 5) is 28.8. The number of aromatic nitrogens is 1. The molecule has 1 atom stereocenters. The van der Waals surface area contributed by atoms with Gasteiger partial charge in [-0.2, -0.15) is 13.2 Å². The van der Waals surface area contributed by atoms with E-state index in [4.69, 9.17) is 0 Å². The van der Waals surface area contributed by atoms with Gasteiger partial charge in [0.05, 0.1) is 5.69 Å². The molecule has 1 aromatic carbocycles. The summed E-state index contributed by atoms with van der Waals surface area (Å²) >= 11 is 1.34. The Labute approximate surface area is 163 Å². The highest BCUT2D eigenvalue weighted by Crippen LogP contribution is 2.31. The average molecular weight is 406 g/mol. The van der Waals surface area contributed by atoms with E-state index in [0.29, 0.717) is 45.8 Å². The van der Waals surface area contributed by atoms with E-state index >= 15 is 0 Å². The molecule has 3 rings (SSSR count). The van der Waals surface area contributed by atoms with Crippen LogP contribution < -0.4 is 5.32 Å². The van der Waals surface area contributed by atoms with Crippen LogP contribution in [0.3, 0.4) is 0 Å². The zero-order chi connectivity index (χ0) is 20.5. The Morgan fingerprint density at radius 2 is 2.11 bits per heavy atom. The van der Waals surface area contributed by atoms with Gasteiger partial charge in [0.25, 0.3) is 5.91 Å². The average Bonchev–Trinajstić information content (AvgIpc) is 3.01. The molecule has 1 N–H and O–H groups in total. The molecule has 1 aliphatic rings. The largest absolute Gasteiger partial charge is 0.409 e. The molecule has 4 nitrogen and oxygen atoms in total. The molecule has 28 heavy (non-hydrogen) atoms.